The number of thiazole rings is 1. The van der Waals surface area contributed by atoms with Gasteiger partial charge < -0.3 is 21.7 Å². The molecule has 3 heterocycles. The van der Waals surface area contributed by atoms with Crippen molar-refractivity contribution in [1.82, 2.24) is 14.8 Å². The smallest absolute Gasteiger partial charge is 0.389 e. The van der Waals surface area contributed by atoms with E-state index >= 15 is 0 Å². The van der Waals surface area contributed by atoms with Crippen LogP contribution in [0.3, 0.4) is 0 Å². The highest BCUT2D eigenvalue weighted by Gasteiger charge is 2.35. The second kappa shape index (κ2) is 9.22. The lowest BCUT2D eigenvalue weighted by Crippen LogP contribution is -2.37. The Kier molecular flexibility index (Phi) is 6.49. The molecule has 0 unspecified atom stereocenters. The molecule has 1 fully saturated rings. The number of carbonyl (C=O) groups is 1. The van der Waals surface area contributed by atoms with E-state index in [0.717, 1.165) is 38.1 Å². The number of amides is 1. The predicted octanol–water partition coefficient (Wildman–Crippen LogP) is 3.71. The highest BCUT2D eigenvalue weighted by molar-refractivity contribution is 7.19. The number of nitrogens with zero attached hydrogens (tertiary/aromatic N) is 4. The molecule has 8 nitrogen and oxygen atoms in total. The summed E-state index contributed by atoms with van der Waals surface area (Å²) >= 11 is 0.682. The third kappa shape index (κ3) is 4.71. The van der Waals surface area contributed by atoms with Crippen LogP contribution in [0.4, 0.5) is 34.1 Å². The van der Waals surface area contributed by atoms with Crippen molar-refractivity contribution in [2.45, 2.75) is 19.0 Å². The number of aryl methyl sites for hydroxylation is 1. The molecule has 1 saturated heterocycles. The number of halogens is 4. The molecule has 0 bridgehead atoms. The van der Waals surface area contributed by atoms with E-state index in [-0.39, 0.29) is 15.7 Å². The number of benzene rings is 1. The maximum Gasteiger partial charge on any atom is 0.417 e. The standard InChI is InChI=1S/C21H23F4N7OS/c1-31-20(32-6-4-11(9-26)5-7-32)15(10-28-31)29-18(33)16-17(27)34-19(30-16)13-8-12(22)2-3-14(13)21(23,24)25/h2-3,8,10-11H,4-7,9,26-27H2,1H3,(H,29,33). The first-order valence-corrected chi connectivity index (χ1v) is 11.3. The van der Waals surface area contributed by atoms with Gasteiger partial charge >= 0.3 is 6.18 Å². The van der Waals surface area contributed by atoms with Crippen molar-refractivity contribution in [3.8, 4) is 10.6 Å². The number of piperidine rings is 1. The average molecular weight is 498 g/mol. The van der Waals surface area contributed by atoms with Crippen molar-refractivity contribution >= 4 is 33.8 Å². The molecule has 5 N–H and O–H groups in total. The molecular weight excluding hydrogens is 474 g/mol. The molecule has 0 spiro atoms. The Bertz CT molecular complexity index is 1200. The van der Waals surface area contributed by atoms with Gasteiger partial charge in [-0.3, -0.25) is 9.48 Å². The van der Waals surface area contributed by atoms with Gasteiger partial charge in [-0.25, -0.2) is 9.37 Å². The molecule has 1 amide bonds. The number of carbonyl (C=O) groups excluding carboxylic acids is 1. The molecule has 0 saturated carbocycles. The van der Waals surface area contributed by atoms with E-state index in [9.17, 15) is 22.4 Å². The second-order valence-corrected chi connectivity index (χ2v) is 9.08. The first kappa shape index (κ1) is 24.0. The topological polar surface area (TPSA) is 115 Å². The van der Waals surface area contributed by atoms with Gasteiger partial charge in [0.2, 0.25) is 0 Å². The Morgan fingerprint density at radius 1 is 1.29 bits per heavy atom. The van der Waals surface area contributed by atoms with Crippen LogP contribution in [0.5, 0.6) is 0 Å². The highest BCUT2D eigenvalue weighted by Crippen LogP contribution is 2.40. The van der Waals surface area contributed by atoms with Gasteiger partial charge in [0.15, 0.2) is 11.5 Å². The number of hydrogen-bond acceptors (Lipinski definition) is 7. The summed E-state index contributed by atoms with van der Waals surface area (Å²) in [5, 5.41) is 6.64. The summed E-state index contributed by atoms with van der Waals surface area (Å²) < 4.78 is 55.6. The van der Waals surface area contributed by atoms with E-state index in [0.29, 0.717) is 41.4 Å². The van der Waals surface area contributed by atoms with Crippen molar-refractivity contribution in [3.63, 3.8) is 0 Å². The Labute approximate surface area is 196 Å². The number of rotatable bonds is 5. The Hall–Kier alpha value is -3.19. The van der Waals surface area contributed by atoms with Crippen molar-refractivity contribution in [2.75, 3.05) is 35.6 Å². The maximum absolute atomic E-state index is 13.7. The quantitative estimate of drug-likeness (QED) is 0.463. The number of alkyl halides is 3. The van der Waals surface area contributed by atoms with Crippen LogP contribution in [0.25, 0.3) is 10.6 Å². The Balaban J connectivity index is 1.60. The summed E-state index contributed by atoms with van der Waals surface area (Å²) in [7, 11) is 1.75. The zero-order valence-electron chi connectivity index (χ0n) is 18.2. The van der Waals surface area contributed by atoms with Crippen LogP contribution in [0.2, 0.25) is 0 Å². The van der Waals surface area contributed by atoms with Crippen molar-refractivity contribution in [2.24, 2.45) is 18.7 Å². The highest BCUT2D eigenvalue weighted by atomic mass is 32.1. The van der Waals surface area contributed by atoms with Gasteiger partial charge in [0.1, 0.15) is 21.5 Å². The largest absolute Gasteiger partial charge is 0.417 e. The van der Waals surface area contributed by atoms with Gasteiger partial charge in [-0.1, -0.05) is 11.3 Å². The minimum atomic E-state index is -4.73. The summed E-state index contributed by atoms with van der Waals surface area (Å²) in [6, 6.07) is 2.09. The van der Waals surface area contributed by atoms with Gasteiger partial charge in [-0.2, -0.15) is 18.3 Å². The molecule has 1 aliphatic heterocycles. The maximum atomic E-state index is 13.7. The minimum Gasteiger partial charge on any atom is -0.389 e. The molecule has 0 atom stereocenters. The zero-order chi connectivity index (χ0) is 24.6. The molecule has 4 rings (SSSR count). The van der Waals surface area contributed by atoms with Crippen LogP contribution in [-0.2, 0) is 13.2 Å². The third-order valence-corrected chi connectivity index (χ3v) is 6.71. The Morgan fingerprint density at radius 3 is 2.65 bits per heavy atom. The number of aromatic nitrogens is 3. The summed E-state index contributed by atoms with van der Waals surface area (Å²) in [4.78, 5) is 19.1. The van der Waals surface area contributed by atoms with Crippen LogP contribution >= 0.6 is 11.3 Å². The fourth-order valence-electron chi connectivity index (χ4n) is 4.01. The molecule has 3 aromatic rings. The van der Waals surface area contributed by atoms with Crippen molar-refractivity contribution in [3.05, 3.63) is 41.5 Å². The van der Waals surface area contributed by atoms with E-state index in [2.05, 4.69) is 20.3 Å². The van der Waals surface area contributed by atoms with Crippen LogP contribution in [0, 0.1) is 11.7 Å². The summed E-state index contributed by atoms with van der Waals surface area (Å²) in [5.41, 5.74) is 10.3. The fourth-order valence-corrected chi connectivity index (χ4v) is 4.87. The number of nitrogen functional groups attached to an aromatic ring is 1. The summed E-state index contributed by atoms with van der Waals surface area (Å²) in [6.45, 7) is 2.11. The predicted molar refractivity (Wildman–Crippen MR) is 122 cm³/mol. The normalized spacial score (nSPS) is 15.1. The van der Waals surface area contributed by atoms with Crippen molar-refractivity contribution < 1.29 is 22.4 Å². The number of nitrogens with two attached hydrogens (primary N) is 2. The van der Waals surface area contributed by atoms with Gasteiger partial charge in [-0.05, 0) is 43.5 Å². The number of anilines is 3. The molecule has 0 aliphatic carbocycles. The van der Waals surface area contributed by atoms with Crippen LogP contribution in [-0.4, -0.2) is 40.3 Å². The van der Waals surface area contributed by atoms with Gasteiger partial charge in [0.05, 0.1) is 11.8 Å². The molecule has 2 aromatic heterocycles. The molecule has 0 radical (unpaired) electrons. The molecule has 1 aromatic carbocycles. The van der Waals surface area contributed by atoms with Crippen LogP contribution in [0.1, 0.15) is 28.9 Å². The van der Waals surface area contributed by atoms with E-state index in [1.54, 1.807) is 11.7 Å². The van der Waals surface area contributed by atoms with E-state index in [1.165, 1.54) is 6.20 Å². The van der Waals surface area contributed by atoms with E-state index in [4.69, 9.17) is 11.5 Å². The monoisotopic (exact) mass is 497 g/mol. The average Bonchev–Trinajstić information content (AvgIpc) is 3.35. The SMILES string of the molecule is Cn1ncc(NC(=O)c2nc(-c3cc(F)ccc3C(F)(F)F)sc2N)c1N1CCC(CN)CC1. The number of hydrogen-bond donors (Lipinski definition) is 3. The van der Waals surface area contributed by atoms with Gasteiger partial charge in [0, 0.05) is 25.7 Å². The molecule has 13 heteroatoms. The zero-order valence-corrected chi connectivity index (χ0v) is 19.0. The minimum absolute atomic E-state index is 0.0842. The number of nitrogens with one attached hydrogen (secondary N) is 1. The van der Waals surface area contributed by atoms with E-state index < -0.39 is 29.0 Å². The van der Waals surface area contributed by atoms with Gasteiger partial charge in [-0.15, -0.1) is 0 Å². The lowest BCUT2D eigenvalue weighted by Gasteiger charge is -2.33. The van der Waals surface area contributed by atoms with E-state index in [1.807, 2.05) is 0 Å². The van der Waals surface area contributed by atoms with Gasteiger partial charge in [0.25, 0.3) is 5.91 Å². The summed E-state index contributed by atoms with van der Waals surface area (Å²) in [6.07, 6.45) is -1.42. The molecule has 1 aliphatic rings. The van der Waals surface area contributed by atoms with Crippen LogP contribution in [0.15, 0.2) is 24.4 Å². The molecule has 182 valence electrons. The third-order valence-electron chi connectivity index (χ3n) is 5.79. The first-order valence-electron chi connectivity index (χ1n) is 10.5. The second-order valence-electron chi connectivity index (χ2n) is 8.05. The van der Waals surface area contributed by atoms with Crippen molar-refractivity contribution in [1.29, 1.82) is 0 Å². The lowest BCUT2D eigenvalue weighted by molar-refractivity contribution is -0.137. The van der Waals surface area contributed by atoms with Crippen LogP contribution < -0.4 is 21.7 Å². The summed E-state index contributed by atoms with van der Waals surface area (Å²) in [5.74, 6) is -0.417. The fraction of sp³-hybridized carbons (Fsp3) is 0.381. The molecular formula is C21H23F4N7OS. The first-order chi connectivity index (χ1) is 16.1. The Morgan fingerprint density at radius 2 is 2.00 bits per heavy atom. The molecule has 34 heavy (non-hydrogen) atoms. The lowest BCUT2D eigenvalue weighted by atomic mass is 9.97.